The summed E-state index contributed by atoms with van der Waals surface area (Å²) in [6, 6.07) is 13.6. The average molecular weight is 414 g/mol. The molecule has 1 fully saturated rings. The van der Waals surface area contributed by atoms with E-state index in [4.69, 9.17) is 9.97 Å². The quantitative estimate of drug-likeness (QED) is 0.589. The number of rotatable bonds is 4. The van der Waals surface area contributed by atoms with Crippen molar-refractivity contribution in [1.29, 1.82) is 0 Å². The Morgan fingerprint density at radius 2 is 1.60 bits per heavy atom. The summed E-state index contributed by atoms with van der Waals surface area (Å²) in [6.07, 6.45) is -3.52. The maximum absolute atomic E-state index is 13.1. The van der Waals surface area contributed by atoms with E-state index in [0.717, 1.165) is 35.0 Å². The smallest absolute Gasteiger partial charge is 0.368 e. The minimum absolute atomic E-state index is 0.455. The zero-order chi connectivity index (χ0) is 21.3. The summed E-state index contributed by atoms with van der Waals surface area (Å²) in [5, 5.41) is 1.01. The molecule has 0 radical (unpaired) electrons. The molecule has 1 aliphatic rings. The molecule has 4 nitrogen and oxygen atoms in total. The number of aromatic nitrogens is 2. The van der Waals surface area contributed by atoms with Crippen LogP contribution in [0, 0.1) is 5.92 Å². The molecule has 0 atom stereocenters. The summed E-state index contributed by atoms with van der Waals surface area (Å²) in [5.41, 5.74) is 0.929. The molecule has 3 aromatic rings. The van der Waals surface area contributed by atoms with Gasteiger partial charge in [-0.3, -0.25) is 0 Å². The van der Waals surface area contributed by atoms with Gasteiger partial charge in [-0.2, -0.15) is 13.2 Å². The van der Waals surface area contributed by atoms with Gasteiger partial charge in [-0.05, 0) is 36.2 Å². The van der Waals surface area contributed by atoms with E-state index < -0.39 is 11.7 Å². The average Bonchev–Trinajstić information content (AvgIpc) is 2.72. The first-order valence-electron chi connectivity index (χ1n) is 10.2. The van der Waals surface area contributed by atoms with Crippen LogP contribution in [-0.4, -0.2) is 36.1 Å². The van der Waals surface area contributed by atoms with Crippen molar-refractivity contribution in [2.45, 2.75) is 26.4 Å². The molecule has 4 rings (SSSR count). The minimum Gasteiger partial charge on any atom is -0.368 e. The van der Waals surface area contributed by atoms with Crippen molar-refractivity contribution in [3.63, 3.8) is 0 Å². The van der Waals surface area contributed by atoms with Crippen molar-refractivity contribution >= 4 is 22.4 Å². The maximum atomic E-state index is 13.1. The molecule has 1 aliphatic heterocycles. The van der Waals surface area contributed by atoms with Gasteiger partial charge >= 0.3 is 6.18 Å². The molecule has 158 valence electrons. The van der Waals surface area contributed by atoms with E-state index in [1.54, 1.807) is 6.07 Å². The highest BCUT2D eigenvalue weighted by molar-refractivity contribution is 5.89. The second kappa shape index (κ2) is 8.13. The largest absolute Gasteiger partial charge is 0.416 e. The van der Waals surface area contributed by atoms with Gasteiger partial charge in [-0.15, -0.1) is 0 Å². The van der Waals surface area contributed by atoms with Crippen molar-refractivity contribution in [2.24, 2.45) is 5.92 Å². The summed E-state index contributed by atoms with van der Waals surface area (Å²) in [5.74, 6) is 2.20. The van der Waals surface area contributed by atoms with Crippen molar-refractivity contribution < 1.29 is 13.2 Å². The molecular formula is C23H25F3N4. The van der Waals surface area contributed by atoms with Gasteiger partial charge in [0.25, 0.3) is 0 Å². The van der Waals surface area contributed by atoms with E-state index in [0.29, 0.717) is 37.8 Å². The summed E-state index contributed by atoms with van der Waals surface area (Å²) >= 11 is 0. The van der Waals surface area contributed by atoms with Gasteiger partial charge in [0.2, 0.25) is 0 Å². The van der Waals surface area contributed by atoms with Gasteiger partial charge in [0, 0.05) is 43.7 Å². The standard InChI is InChI=1S/C23H25F3N4/c1-16(2)14-21-27-20-9-4-3-8-19(20)22(28-21)30-12-10-29(11-13-30)18-7-5-6-17(15-18)23(24,25)26/h3-9,15-16H,10-14H2,1-2H3. The van der Waals surface area contributed by atoms with E-state index >= 15 is 0 Å². The fourth-order valence-electron chi connectivity index (χ4n) is 3.86. The second-order valence-corrected chi connectivity index (χ2v) is 8.10. The van der Waals surface area contributed by atoms with Crippen LogP contribution in [-0.2, 0) is 12.6 Å². The molecule has 7 heteroatoms. The summed E-state index contributed by atoms with van der Waals surface area (Å²) in [4.78, 5) is 13.8. The Bertz CT molecular complexity index is 1020. The van der Waals surface area contributed by atoms with Crippen LogP contribution in [0.4, 0.5) is 24.7 Å². The lowest BCUT2D eigenvalue weighted by Gasteiger charge is -2.37. The molecular weight excluding hydrogens is 389 g/mol. The minimum atomic E-state index is -4.33. The van der Waals surface area contributed by atoms with Gasteiger partial charge in [-0.25, -0.2) is 9.97 Å². The number of hydrogen-bond acceptors (Lipinski definition) is 4. The molecule has 0 unspecified atom stereocenters. The van der Waals surface area contributed by atoms with E-state index in [1.165, 1.54) is 12.1 Å². The fraction of sp³-hybridized carbons (Fsp3) is 0.391. The third kappa shape index (κ3) is 4.35. The number of para-hydroxylation sites is 1. The maximum Gasteiger partial charge on any atom is 0.416 e. The van der Waals surface area contributed by atoms with Crippen LogP contribution in [0.15, 0.2) is 48.5 Å². The monoisotopic (exact) mass is 414 g/mol. The highest BCUT2D eigenvalue weighted by atomic mass is 19.4. The van der Waals surface area contributed by atoms with Gasteiger partial charge in [0.1, 0.15) is 11.6 Å². The molecule has 30 heavy (non-hydrogen) atoms. The molecule has 1 aromatic heterocycles. The molecule has 1 saturated heterocycles. The van der Waals surface area contributed by atoms with Crippen molar-refractivity contribution in [3.05, 3.63) is 59.9 Å². The lowest BCUT2D eigenvalue weighted by Crippen LogP contribution is -2.47. The Morgan fingerprint density at radius 3 is 2.30 bits per heavy atom. The highest BCUT2D eigenvalue weighted by Gasteiger charge is 2.31. The molecule has 0 amide bonds. The topological polar surface area (TPSA) is 32.3 Å². The lowest BCUT2D eigenvalue weighted by atomic mass is 10.1. The van der Waals surface area contributed by atoms with Crippen molar-refractivity contribution in [1.82, 2.24) is 9.97 Å². The first-order chi connectivity index (χ1) is 14.3. The van der Waals surface area contributed by atoms with Crippen molar-refractivity contribution in [3.8, 4) is 0 Å². The lowest BCUT2D eigenvalue weighted by molar-refractivity contribution is -0.137. The van der Waals surface area contributed by atoms with E-state index in [-0.39, 0.29) is 0 Å². The summed E-state index contributed by atoms with van der Waals surface area (Å²) in [6.45, 7) is 6.95. The van der Waals surface area contributed by atoms with Gasteiger partial charge in [-0.1, -0.05) is 32.0 Å². The first kappa shape index (κ1) is 20.4. The third-order valence-corrected chi connectivity index (χ3v) is 5.34. The molecule has 0 aliphatic carbocycles. The summed E-state index contributed by atoms with van der Waals surface area (Å²) < 4.78 is 39.2. The molecule has 0 spiro atoms. The molecule has 0 N–H and O–H groups in total. The number of benzene rings is 2. The van der Waals surface area contributed by atoms with Gasteiger partial charge < -0.3 is 9.80 Å². The highest BCUT2D eigenvalue weighted by Crippen LogP contribution is 2.32. The fourth-order valence-corrected chi connectivity index (χ4v) is 3.86. The van der Waals surface area contributed by atoms with E-state index in [1.807, 2.05) is 29.2 Å². The van der Waals surface area contributed by atoms with Crippen LogP contribution >= 0.6 is 0 Å². The SMILES string of the molecule is CC(C)Cc1nc(N2CCN(c3cccc(C(F)(F)F)c3)CC2)c2ccccc2n1. The number of fused-ring (bicyclic) bond motifs is 1. The molecule has 2 aromatic carbocycles. The number of halogens is 3. The zero-order valence-electron chi connectivity index (χ0n) is 17.2. The number of hydrogen-bond donors (Lipinski definition) is 0. The Balaban J connectivity index is 1.56. The molecule has 2 heterocycles. The first-order valence-corrected chi connectivity index (χ1v) is 10.2. The number of nitrogens with zero attached hydrogens (tertiary/aromatic N) is 4. The Morgan fingerprint density at radius 1 is 0.900 bits per heavy atom. The molecule has 0 bridgehead atoms. The van der Waals surface area contributed by atoms with Crippen LogP contribution < -0.4 is 9.80 Å². The van der Waals surface area contributed by atoms with Crippen LogP contribution in [0.2, 0.25) is 0 Å². The van der Waals surface area contributed by atoms with Crippen LogP contribution in [0.3, 0.4) is 0 Å². The van der Waals surface area contributed by atoms with E-state index in [9.17, 15) is 13.2 Å². The number of alkyl halides is 3. The predicted molar refractivity (Wildman–Crippen MR) is 114 cm³/mol. The van der Waals surface area contributed by atoms with Crippen molar-refractivity contribution in [2.75, 3.05) is 36.0 Å². The van der Waals surface area contributed by atoms with Crippen LogP contribution in [0.25, 0.3) is 10.9 Å². The zero-order valence-corrected chi connectivity index (χ0v) is 17.2. The normalized spacial score (nSPS) is 15.3. The van der Waals surface area contributed by atoms with Gasteiger partial charge in [0.15, 0.2) is 0 Å². The second-order valence-electron chi connectivity index (χ2n) is 8.10. The predicted octanol–water partition coefficient (Wildman–Crippen LogP) is 5.17. The number of piperazine rings is 1. The van der Waals surface area contributed by atoms with E-state index in [2.05, 4.69) is 18.7 Å². The Kier molecular flexibility index (Phi) is 5.54. The Hall–Kier alpha value is -2.83. The number of anilines is 2. The summed E-state index contributed by atoms with van der Waals surface area (Å²) in [7, 11) is 0. The molecule has 0 saturated carbocycles. The van der Waals surface area contributed by atoms with Gasteiger partial charge in [0.05, 0.1) is 11.1 Å². The van der Waals surface area contributed by atoms with Crippen LogP contribution in [0.5, 0.6) is 0 Å². The van der Waals surface area contributed by atoms with Crippen LogP contribution in [0.1, 0.15) is 25.2 Å². The third-order valence-electron chi connectivity index (χ3n) is 5.34. The Labute approximate surface area is 174 Å².